The normalized spacial score (nSPS) is 17.2. The Morgan fingerprint density at radius 2 is 1.90 bits per heavy atom. The van der Waals surface area contributed by atoms with Gasteiger partial charge in [0.2, 0.25) is 0 Å². The third-order valence-electron chi connectivity index (χ3n) is 5.44. The first-order valence-electron chi connectivity index (χ1n) is 10.6. The molecule has 31 heavy (non-hydrogen) atoms. The molecule has 0 spiro atoms. The minimum atomic E-state index is -0.398. The maximum Gasteiger partial charge on any atom is 0.407 e. The average Bonchev–Trinajstić information content (AvgIpc) is 2.78. The molecule has 0 saturated carbocycles. The topological polar surface area (TPSA) is 83.1 Å². The number of rotatable bonds is 6. The highest BCUT2D eigenvalue weighted by Gasteiger charge is 2.25. The van der Waals surface area contributed by atoms with Crippen molar-refractivity contribution in [2.45, 2.75) is 19.6 Å². The molecular weight excluding hydrogens is 396 g/mol. The minimum absolute atomic E-state index is 0.0159. The van der Waals surface area contributed by atoms with E-state index >= 15 is 0 Å². The fourth-order valence-electron chi connectivity index (χ4n) is 3.92. The maximum atomic E-state index is 12.1. The molecule has 2 aliphatic rings. The summed E-state index contributed by atoms with van der Waals surface area (Å²) in [5.74, 6) is 0.616. The summed E-state index contributed by atoms with van der Waals surface area (Å²) in [5.41, 5.74) is 2.70. The van der Waals surface area contributed by atoms with Gasteiger partial charge in [-0.15, -0.1) is 0 Å². The molecule has 4 rings (SSSR count). The number of benzene rings is 2. The van der Waals surface area contributed by atoms with Crippen molar-refractivity contribution < 1.29 is 19.1 Å². The van der Waals surface area contributed by atoms with Crippen molar-refractivity contribution in [3.8, 4) is 5.75 Å². The predicted molar refractivity (Wildman–Crippen MR) is 118 cm³/mol. The third kappa shape index (κ3) is 5.46. The van der Waals surface area contributed by atoms with Crippen LogP contribution in [0, 0.1) is 0 Å². The van der Waals surface area contributed by atoms with Crippen LogP contribution in [0.25, 0.3) is 0 Å². The molecule has 0 aliphatic carbocycles. The first-order valence-corrected chi connectivity index (χ1v) is 10.6. The number of nitrogens with zero attached hydrogens (tertiary/aromatic N) is 2. The first-order chi connectivity index (χ1) is 15.1. The monoisotopic (exact) mass is 424 g/mol. The molecule has 164 valence electrons. The molecular formula is C23H28N4O4. The second kappa shape index (κ2) is 9.70. The Labute approximate surface area is 182 Å². The lowest BCUT2D eigenvalue weighted by molar-refractivity contribution is -0.118. The van der Waals surface area contributed by atoms with Crippen LogP contribution < -0.4 is 20.3 Å². The van der Waals surface area contributed by atoms with Crippen LogP contribution in [0.5, 0.6) is 5.75 Å². The van der Waals surface area contributed by atoms with E-state index in [9.17, 15) is 9.59 Å². The molecule has 2 amide bonds. The lowest BCUT2D eigenvalue weighted by atomic mass is 10.1. The van der Waals surface area contributed by atoms with Crippen LogP contribution >= 0.6 is 0 Å². The van der Waals surface area contributed by atoms with Gasteiger partial charge in [0.05, 0.1) is 11.4 Å². The zero-order valence-electron chi connectivity index (χ0n) is 17.7. The number of hydrogen-bond acceptors (Lipinski definition) is 6. The second-order valence-electron chi connectivity index (χ2n) is 7.89. The molecule has 1 fully saturated rings. The van der Waals surface area contributed by atoms with Crippen molar-refractivity contribution in [3.05, 3.63) is 54.1 Å². The van der Waals surface area contributed by atoms with E-state index in [1.165, 1.54) is 0 Å². The van der Waals surface area contributed by atoms with Gasteiger partial charge in [-0.3, -0.25) is 9.69 Å². The number of ether oxygens (including phenoxy) is 2. The number of para-hydroxylation sites is 1. The van der Waals surface area contributed by atoms with Crippen LogP contribution in [-0.4, -0.2) is 62.3 Å². The van der Waals surface area contributed by atoms with Gasteiger partial charge in [-0.05, 0) is 24.6 Å². The molecule has 0 unspecified atom stereocenters. The second-order valence-corrected chi connectivity index (χ2v) is 7.89. The van der Waals surface area contributed by atoms with Gasteiger partial charge < -0.3 is 25.0 Å². The Hall–Kier alpha value is -3.26. The summed E-state index contributed by atoms with van der Waals surface area (Å²) in [4.78, 5) is 28.2. The van der Waals surface area contributed by atoms with Gasteiger partial charge in [0.25, 0.3) is 5.91 Å². The summed E-state index contributed by atoms with van der Waals surface area (Å²) in [6.07, 6.45) is -0.398. The van der Waals surface area contributed by atoms with Gasteiger partial charge in [0, 0.05) is 38.8 Å². The summed E-state index contributed by atoms with van der Waals surface area (Å²) < 4.78 is 11.0. The van der Waals surface area contributed by atoms with Crippen molar-refractivity contribution in [1.82, 2.24) is 10.2 Å². The Morgan fingerprint density at radius 3 is 2.68 bits per heavy atom. The van der Waals surface area contributed by atoms with Gasteiger partial charge in [0.1, 0.15) is 6.61 Å². The van der Waals surface area contributed by atoms with Crippen LogP contribution in [0.4, 0.5) is 16.2 Å². The molecule has 1 saturated heterocycles. The molecule has 2 N–H and O–H groups in total. The number of alkyl carbamates (subject to hydrolysis) is 1. The Kier molecular flexibility index (Phi) is 6.57. The van der Waals surface area contributed by atoms with Crippen LogP contribution in [0.2, 0.25) is 0 Å². The quantitative estimate of drug-likeness (QED) is 0.741. The maximum absolute atomic E-state index is 12.1. The van der Waals surface area contributed by atoms with Crippen LogP contribution in [0.1, 0.15) is 12.5 Å². The molecule has 2 aromatic carbocycles. The summed E-state index contributed by atoms with van der Waals surface area (Å²) in [6.45, 7) is 6.50. The fourth-order valence-corrected chi connectivity index (χ4v) is 3.92. The number of amides is 2. The lowest BCUT2D eigenvalue weighted by Gasteiger charge is -2.38. The van der Waals surface area contributed by atoms with E-state index in [0.717, 1.165) is 55.4 Å². The van der Waals surface area contributed by atoms with Gasteiger partial charge in [-0.2, -0.15) is 0 Å². The number of fused-ring (bicyclic) bond motifs is 1. The standard InChI is InChI=1S/C23H28N4O4/c1-17(24-23(29)31-15-18-6-3-2-4-7-18)14-26-10-12-27(13-11-26)20-9-5-8-19-22(20)30-16-21(28)25-19/h2-9,17H,10-16H2,1H3,(H,24,29)(H,25,28)/t17-/m1/s1. The molecule has 8 nitrogen and oxygen atoms in total. The van der Waals surface area contributed by atoms with Crippen molar-refractivity contribution >= 4 is 23.4 Å². The number of carbonyl (C=O) groups is 2. The van der Waals surface area contributed by atoms with Crippen LogP contribution in [-0.2, 0) is 16.1 Å². The predicted octanol–water partition coefficient (Wildman–Crippen LogP) is 2.45. The van der Waals surface area contributed by atoms with E-state index in [-0.39, 0.29) is 25.2 Å². The molecule has 2 aliphatic heterocycles. The van der Waals surface area contributed by atoms with E-state index < -0.39 is 6.09 Å². The third-order valence-corrected chi connectivity index (χ3v) is 5.44. The van der Waals surface area contributed by atoms with Crippen molar-refractivity contribution in [2.75, 3.05) is 49.5 Å². The van der Waals surface area contributed by atoms with Gasteiger partial charge in [0.15, 0.2) is 12.4 Å². The van der Waals surface area contributed by atoms with E-state index in [4.69, 9.17) is 9.47 Å². The number of carbonyl (C=O) groups excluding carboxylic acids is 2. The summed E-state index contributed by atoms with van der Waals surface area (Å²) in [7, 11) is 0. The smallest absolute Gasteiger partial charge is 0.407 e. The average molecular weight is 425 g/mol. The molecule has 0 aromatic heterocycles. The van der Waals surface area contributed by atoms with Crippen molar-refractivity contribution in [1.29, 1.82) is 0 Å². The highest BCUT2D eigenvalue weighted by atomic mass is 16.5. The minimum Gasteiger partial charge on any atom is -0.479 e. The SMILES string of the molecule is C[C@H](CN1CCN(c2cccc3c2OCC(=O)N3)CC1)NC(=O)OCc1ccccc1. The summed E-state index contributed by atoms with van der Waals surface area (Å²) in [6, 6.07) is 15.4. The molecule has 2 aromatic rings. The largest absolute Gasteiger partial charge is 0.479 e. The Bertz CT molecular complexity index is 913. The number of hydrogen-bond donors (Lipinski definition) is 2. The van der Waals surface area contributed by atoms with Crippen molar-refractivity contribution in [3.63, 3.8) is 0 Å². The van der Waals surface area contributed by atoms with Gasteiger partial charge in [-0.25, -0.2) is 4.79 Å². The fraction of sp³-hybridized carbons (Fsp3) is 0.391. The van der Waals surface area contributed by atoms with Crippen LogP contribution in [0.15, 0.2) is 48.5 Å². The van der Waals surface area contributed by atoms with E-state index in [0.29, 0.717) is 0 Å². The molecule has 0 bridgehead atoms. The zero-order valence-corrected chi connectivity index (χ0v) is 17.7. The zero-order chi connectivity index (χ0) is 21.6. The van der Waals surface area contributed by atoms with Crippen molar-refractivity contribution in [2.24, 2.45) is 0 Å². The Morgan fingerprint density at radius 1 is 1.13 bits per heavy atom. The number of nitrogens with one attached hydrogen (secondary N) is 2. The van der Waals surface area contributed by atoms with E-state index in [1.807, 2.05) is 55.5 Å². The number of piperazine rings is 1. The summed E-state index contributed by atoms with van der Waals surface area (Å²) in [5, 5.41) is 5.77. The van der Waals surface area contributed by atoms with Gasteiger partial charge in [-0.1, -0.05) is 36.4 Å². The van der Waals surface area contributed by atoms with E-state index in [2.05, 4.69) is 20.4 Å². The van der Waals surface area contributed by atoms with Gasteiger partial charge >= 0.3 is 6.09 Å². The molecule has 2 heterocycles. The summed E-state index contributed by atoms with van der Waals surface area (Å²) >= 11 is 0. The first kappa shape index (κ1) is 21.0. The highest BCUT2D eigenvalue weighted by Crippen LogP contribution is 2.38. The van der Waals surface area contributed by atoms with Crippen LogP contribution in [0.3, 0.4) is 0 Å². The molecule has 1 atom stereocenters. The Balaban J connectivity index is 1.23. The highest BCUT2D eigenvalue weighted by molar-refractivity contribution is 5.97. The molecule has 8 heteroatoms. The van der Waals surface area contributed by atoms with E-state index in [1.54, 1.807) is 0 Å². The number of anilines is 2. The lowest BCUT2D eigenvalue weighted by Crippen LogP contribution is -2.51. The molecule has 0 radical (unpaired) electrons.